The second kappa shape index (κ2) is 4.41. The first-order valence-corrected chi connectivity index (χ1v) is 6.80. The van der Waals surface area contributed by atoms with Crippen molar-refractivity contribution in [3.05, 3.63) is 42.1 Å². The number of aryl methyl sites for hydroxylation is 1. The highest BCUT2D eigenvalue weighted by molar-refractivity contribution is 5.71. The van der Waals surface area contributed by atoms with Crippen molar-refractivity contribution in [3.8, 4) is 28.6 Å². The van der Waals surface area contributed by atoms with E-state index in [1.165, 1.54) is 0 Å². The largest absolute Gasteiger partial charge is 0.493 e. The number of nitrogens with zero attached hydrogens (tertiary/aromatic N) is 2. The van der Waals surface area contributed by atoms with Gasteiger partial charge in [-0.25, -0.2) is 4.98 Å². The van der Waals surface area contributed by atoms with E-state index < -0.39 is 0 Å². The Bertz CT molecular complexity index is 839. The molecule has 1 aliphatic rings. The Hall–Kier alpha value is -2.69. The summed E-state index contributed by atoms with van der Waals surface area (Å²) in [7, 11) is 0. The molecule has 0 amide bonds. The van der Waals surface area contributed by atoms with Crippen LogP contribution in [0, 0.1) is 6.92 Å². The summed E-state index contributed by atoms with van der Waals surface area (Å²) in [5, 5.41) is 10.4. The zero-order valence-corrected chi connectivity index (χ0v) is 11.5. The van der Waals surface area contributed by atoms with Crippen LogP contribution in [-0.4, -0.2) is 27.7 Å². The van der Waals surface area contributed by atoms with Gasteiger partial charge in [0, 0.05) is 11.8 Å². The Morgan fingerprint density at radius 3 is 2.76 bits per heavy atom. The molecular weight excluding hydrogens is 268 g/mol. The van der Waals surface area contributed by atoms with Crippen LogP contribution in [0.25, 0.3) is 16.9 Å². The van der Waals surface area contributed by atoms with Gasteiger partial charge in [0.05, 0.1) is 0 Å². The molecule has 2 aromatic heterocycles. The van der Waals surface area contributed by atoms with Crippen LogP contribution in [0.2, 0.25) is 0 Å². The number of aromatic hydroxyl groups is 1. The van der Waals surface area contributed by atoms with Gasteiger partial charge in [0.25, 0.3) is 0 Å². The molecule has 0 atom stereocenters. The average Bonchev–Trinajstić information content (AvgIpc) is 2.84. The third-order valence-electron chi connectivity index (χ3n) is 3.56. The average molecular weight is 282 g/mol. The SMILES string of the molecule is Cc1ccc2nc(-c3ccc4c(c3)OCCO4)c(O)n2c1. The van der Waals surface area contributed by atoms with E-state index in [0.29, 0.717) is 30.3 Å². The van der Waals surface area contributed by atoms with Crippen molar-refractivity contribution >= 4 is 5.65 Å². The summed E-state index contributed by atoms with van der Waals surface area (Å²) < 4.78 is 12.8. The summed E-state index contributed by atoms with van der Waals surface area (Å²) in [5.74, 6) is 1.54. The fourth-order valence-corrected chi connectivity index (χ4v) is 2.52. The summed E-state index contributed by atoms with van der Waals surface area (Å²) in [6.45, 7) is 3.07. The quantitative estimate of drug-likeness (QED) is 0.745. The maximum absolute atomic E-state index is 10.4. The summed E-state index contributed by atoms with van der Waals surface area (Å²) in [5.41, 5.74) is 3.11. The van der Waals surface area contributed by atoms with Crippen molar-refractivity contribution in [2.75, 3.05) is 13.2 Å². The van der Waals surface area contributed by atoms with Crippen molar-refractivity contribution in [2.24, 2.45) is 0 Å². The molecule has 0 radical (unpaired) electrons. The van der Waals surface area contributed by atoms with Crippen molar-refractivity contribution in [2.45, 2.75) is 6.92 Å². The second-order valence-electron chi connectivity index (χ2n) is 5.08. The molecule has 5 heteroatoms. The van der Waals surface area contributed by atoms with E-state index in [4.69, 9.17) is 9.47 Å². The van der Waals surface area contributed by atoms with Crippen LogP contribution in [0.5, 0.6) is 17.4 Å². The van der Waals surface area contributed by atoms with Gasteiger partial charge in [-0.15, -0.1) is 0 Å². The van der Waals surface area contributed by atoms with Gasteiger partial charge in [-0.3, -0.25) is 4.40 Å². The van der Waals surface area contributed by atoms with E-state index in [9.17, 15) is 5.11 Å². The second-order valence-corrected chi connectivity index (χ2v) is 5.08. The number of benzene rings is 1. The fourth-order valence-electron chi connectivity index (χ4n) is 2.52. The Kier molecular flexibility index (Phi) is 2.54. The van der Waals surface area contributed by atoms with Crippen LogP contribution in [0.4, 0.5) is 0 Å². The monoisotopic (exact) mass is 282 g/mol. The minimum Gasteiger partial charge on any atom is -0.493 e. The van der Waals surface area contributed by atoms with Crippen molar-refractivity contribution in [1.82, 2.24) is 9.38 Å². The fraction of sp³-hybridized carbons (Fsp3) is 0.188. The van der Waals surface area contributed by atoms with E-state index >= 15 is 0 Å². The third-order valence-corrected chi connectivity index (χ3v) is 3.56. The predicted molar refractivity (Wildman–Crippen MR) is 78.0 cm³/mol. The van der Waals surface area contributed by atoms with Gasteiger partial charge in [-0.1, -0.05) is 6.07 Å². The highest BCUT2D eigenvalue weighted by Crippen LogP contribution is 2.37. The summed E-state index contributed by atoms with van der Waals surface area (Å²) in [6, 6.07) is 9.43. The van der Waals surface area contributed by atoms with Crippen molar-refractivity contribution < 1.29 is 14.6 Å². The molecule has 0 unspecified atom stereocenters. The van der Waals surface area contributed by atoms with Crippen molar-refractivity contribution in [3.63, 3.8) is 0 Å². The van der Waals surface area contributed by atoms with Gasteiger partial charge in [0.1, 0.15) is 24.6 Å². The molecule has 3 heterocycles. The molecule has 3 aromatic rings. The molecule has 0 saturated heterocycles. The maximum Gasteiger partial charge on any atom is 0.224 e. The molecule has 4 rings (SSSR count). The Balaban J connectivity index is 1.88. The van der Waals surface area contributed by atoms with Gasteiger partial charge in [-0.05, 0) is 36.8 Å². The lowest BCUT2D eigenvalue weighted by atomic mass is 10.1. The van der Waals surface area contributed by atoms with E-state index in [2.05, 4.69) is 4.98 Å². The number of ether oxygens (including phenoxy) is 2. The highest BCUT2D eigenvalue weighted by atomic mass is 16.6. The number of fused-ring (bicyclic) bond motifs is 2. The minimum absolute atomic E-state index is 0.130. The molecule has 5 nitrogen and oxygen atoms in total. The summed E-state index contributed by atoms with van der Waals surface area (Å²) in [4.78, 5) is 4.49. The number of pyridine rings is 1. The molecule has 1 N–H and O–H groups in total. The normalized spacial score (nSPS) is 13.6. The molecule has 106 valence electrons. The van der Waals surface area contributed by atoms with Crippen LogP contribution in [0.3, 0.4) is 0 Å². The van der Waals surface area contributed by atoms with Crippen LogP contribution in [0.15, 0.2) is 36.5 Å². The molecule has 1 aliphatic heterocycles. The number of hydrogen-bond acceptors (Lipinski definition) is 4. The molecule has 0 fully saturated rings. The highest BCUT2D eigenvalue weighted by Gasteiger charge is 2.17. The van der Waals surface area contributed by atoms with E-state index in [0.717, 1.165) is 16.9 Å². The number of hydrogen-bond donors (Lipinski definition) is 1. The lowest BCUT2D eigenvalue weighted by Crippen LogP contribution is -2.15. The Morgan fingerprint density at radius 2 is 1.90 bits per heavy atom. The zero-order chi connectivity index (χ0) is 14.4. The lowest BCUT2D eigenvalue weighted by molar-refractivity contribution is 0.171. The first kappa shape index (κ1) is 12.1. The van der Waals surface area contributed by atoms with Gasteiger partial charge < -0.3 is 14.6 Å². The Labute approximate surface area is 121 Å². The Morgan fingerprint density at radius 1 is 1.10 bits per heavy atom. The smallest absolute Gasteiger partial charge is 0.224 e. The standard InChI is InChI=1S/C16H14N2O3/c1-10-2-5-14-17-15(16(19)18(14)9-10)11-3-4-12-13(8-11)21-7-6-20-12/h2-5,8-9,19H,6-7H2,1H3. The maximum atomic E-state index is 10.4. The van der Waals surface area contributed by atoms with Gasteiger partial charge in [0.15, 0.2) is 11.5 Å². The van der Waals surface area contributed by atoms with Crippen molar-refractivity contribution in [1.29, 1.82) is 0 Å². The van der Waals surface area contributed by atoms with E-state index in [1.54, 1.807) is 4.40 Å². The summed E-state index contributed by atoms with van der Waals surface area (Å²) in [6.07, 6.45) is 1.86. The first-order valence-electron chi connectivity index (χ1n) is 6.80. The third kappa shape index (κ3) is 1.89. The van der Waals surface area contributed by atoms with Gasteiger partial charge >= 0.3 is 0 Å². The number of imidazole rings is 1. The van der Waals surface area contributed by atoms with Crippen LogP contribution in [-0.2, 0) is 0 Å². The van der Waals surface area contributed by atoms with Crippen LogP contribution in [0.1, 0.15) is 5.56 Å². The molecule has 0 aliphatic carbocycles. The minimum atomic E-state index is 0.130. The predicted octanol–water partition coefficient (Wildman–Crippen LogP) is 2.79. The van der Waals surface area contributed by atoms with Crippen LogP contribution < -0.4 is 9.47 Å². The molecule has 0 bridgehead atoms. The zero-order valence-electron chi connectivity index (χ0n) is 11.5. The van der Waals surface area contributed by atoms with Gasteiger partial charge in [-0.2, -0.15) is 0 Å². The molecule has 21 heavy (non-hydrogen) atoms. The number of rotatable bonds is 1. The topological polar surface area (TPSA) is 56.0 Å². The lowest BCUT2D eigenvalue weighted by Gasteiger charge is -2.18. The molecule has 0 saturated carbocycles. The molecule has 1 aromatic carbocycles. The van der Waals surface area contributed by atoms with E-state index in [-0.39, 0.29) is 5.88 Å². The molecule has 0 spiro atoms. The van der Waals surface area contributed by atoms with E-state index in [1.807, 2.05) is 43.5 Å². The van der Waals surface area contributed by atoms with Gasteiger partial charge in [0.2, 0.25) is 5.88 Å². The summed E-state index contributed by atoms with van der Waals surface area (Å²) >= 11 is 0. The number of aromatic nitrogens is 2. The van der Waals surface area contributed by atoms with Crippen LogP contribution >= 0.6 is 0 Å². The first-order chi connectivity index (χ1) is 10.2. The molecular formula is C16H14N2O3.